The van der Waals surface area contributed by atoms with Gasteiger partial charge in [-0.05, 0) is 30.7 Å². The van der Waals surface area contributed by atoms with Gasteiger partial charge in [0.2, 0.25) is 0 Å². The van der Waals surface area contributed by atoms with Crippen molar-refractivity contribution in [2.75, 3.05) is 0 Å². The number of aromatic nitrogens is 2. The second kappa shape index (κ2) is 3.50. The van der Waals surface area contributed by atoms with Gasteiger partial charge in [-0.1, -0.05) is 6.42 Å². The zero-order valence-electron chi connectivity index (χ0n) is 8.11. The van der Waals surface area contributed by atoms with E-state index in [9.17, 15) is 0 Å². The summed E-state index contributed by atoms with van der Waals surface area (Å²) >= 11 is 0. The summed E-state index contributed by atoms with van der Waals surface area (Å²) in [4.78, 5) is 0. The first kappa shape index (κ1) is 8.75. The van der Waals surface area contributed by atoms with Crippen molar-refractivity contribution in [3.05, 3.63) is 18.0 Å². The van der Waals surface area contributed by atoms with E-state index < -0.39 is 0 Å². The van der Waals surface area contributed by atoms with Crippen molar-refractivity contribution in [3.63, 3.8) is 0 Å². The van der Waals surface area contributed by atoms with Gasteiger partial charge in [0, 0.05) is 19.3 Å². The molecule has 3 nitrogen and oxygen atoms in total. The van der Waals surface area contributed by atoms with E-state index in [2.05, 4.69) is 11.3 Å². The summed E-state index contributed by atoms with van der Waals surface area (Å²) in [5.41, 5.74) is 7.35. The molecule has 0 aliphatic heterocycles. The Morgan fingerprint density at radius 3 is 2.92 bits per heavy atom. The van der Waals surface area contributed by atoms with Gasteiger partial charge in [0.15, 0.2) is 0 Å². The summed E-state index contributed by atoms with van der Waals surface area (Å²) < 4.78 is 1.84. The van der Waals surface area contributed by atoms with E-state index >= 15 is 0 Å². The van der Waals surface area contributed by atoms with Gasteiger partial charge in [-0.15, -0.1) is 0 Å². The largest absolute Gasteiger partial charge is 0.327 e. The highest BCUT2D eigenvalue weighted by molar-refractivity contribution is 5.06. The number of nitrogens with zero attached hydrogens (tertiary/aromatic N) is 2. The summed E-state index contributed by atoms with van der Waals surface area (Å²) in [6, 6.07) is 0.345. The van der Waals surface area contributed by atoms with Crippen LogP contribution in [-0.2, 0) is 13.5 Å². The Kier molecular flexibility index (Phi) is 2.36. The highest BCUT2D eigenvalue weighted by atomic mass is 15.2. The zero-order valence-corrected chi connectivity index (χ0v) is 8.11. The number of hydrogen-bond acceptors (Lipinski definition) is 2. The molecule has 2 rings (SSSR count). The highest BCUT2D eigenvalue weighted by Gasteiger charge is 2.24. The van der Waals surface area contributed by atoms with Gasteiger partial charge >= 0.3 is 0 Å². The van der Waals surface area contributed by atoms with Crippen LogP contribution in [0.2, 0.25) is 0 Å². The number of hydrogen-bond donors (Lipinski definition) is 1. The molecule has 1 saturated carbocycles. The zero-order chi connectivity index (χ0) is 9.26. The van der Waals surface area contributed by atoms with Crippen LogP contribution in [0.1, 0.15) is 24.8 Å². The quantitative estimate of drug-likeness (QED) is 0.755. The molecule has 3 heteroatoms. The predicted octanol–water partition coefficient (Wildman–Crippen LogP) is 1.09. The van der Waals surface area contributed by atoms with Gasteiger partial charge in [-0.2, -0.15) is 5.10 Å². The molecule has 1 aliphatic carbocycles. The Bertz CT molecular complexity index is 275. The molecule has 0 aromatic carbocycles. The molecule has 72 valence electrons. The fraction of sp³-hybridized carbons (Fsp3) is 0.700. The first-order valence-corrected chi connectivity index (χ1v) is 4.99. The fourth-order valence-corrected chi connectivity index (χ4v) is 1.88. The summed E-state index contributed by atoms with van der Waals surface area (Å²) in [5.74, 6) is 0.764. The molecular formula is C10H17N3. The first-order valence-electron chi connectivity index (χ1n) is 4.99. The van der Waals surface area contributed by atoms with Crippen LogP contribution >= 0.6 is 0 Å². The standard InChI is InChI=1S/C10H17N3/c1-13-7-8(6-12-13)5-10(11)9-3-2-4-9/h6-7,9-10H,2-5,11H2,1H3. The minimum Gasteiger partial charge on any atom is -0.327 e. The number of rotatable bonds is 3. The minimum absolute atomic E-state index is 0.345. The van der Waals surface area contributed by atoms with Crippen molar-refractivity contribution in [1.82, 2.24) is 9.78 Å². The molecule has 0 radical (unpaired) electrons. The minimum atomic E-state index is 0.345. The normalized spacial score (nSPS) is 19.8. The molecule has 1 atom stereocenters. The lowest BCUT2D eigenvalue weighted by molar-refractivity contribution is 0.260. The molecule has 2 N–H and O–H groups in total. The van der Waals surface area contributed by atoms with E-state index in [0.29, 0.717) is 6.04 Å². The highest BCUT2D eigenvalue weighted by Crippen LogP contribution is 2.29. The van der Waals surface area contributed by atoms with E-state index in [0.717, 1.165) is 12.3 Å². The van der Waals surface area contributed by atoms with Gasteiger partial charge in [0.25, 0.3) is 0 Å². The van der Waals surface area contributed by atoms with E-state index in [1.807, 2.05) is 17.9 Å². The van der Waals surface area contributed by atoms with E-state index in [-0.39, 0.29) is 0 Å². The van der Waals surface area contributed by atoms with Crippen molar-refractivity contribution >= 4 is 0 Å². The lowest BCUT2D eigenvalue weighted by Gasteiger charge is -2.30. The third-order valence-electron chi connectivity index (χ3n) is 2.99. The topological polar surface area (TPSA) is 43.8 Å². The van der Waals surface area contributed by atoms with Gasteiger partial charge < -0.3 is 5.73 Å². The summed E-state index contributed by atoms with van der Waals surface area (Å²) in [5, 5.41) is 4.13. The van der Waals surface area contributed by atoms with Gasteiger partial charge in [-0.25, -0.2) is 0 Å². The molecule has 1 aromatic rings. The van der Waals surface area contributed by atoms with Gasteiger partial charge in [0.1, 0.15) is 0 Å². The Hall–Kier alpha value is -0.830. The Morgan fingerprint density at radius 1 is 1.69 bits per heavy atom. The van der Waals surface area contributed by atoms with Crippen LogP contribution in [0.4, 0.5) is 0 Å². The van der Waals surface area contributed by atoms with Gasteiger partial charge in [0.05, 0.1) is 6.20 Å². The molecular weight excluding hydrogens is 162 g/mol. The monoisotopic (exact) mass is 179 g/mol. The average molecular weight is 179 g/mol. The van der Waals surface area contributed by atoms with Crippen LogP contribution in [0, 0.1) is 5.92 Å². The maximum absolute atomic E-state index is 6.08. The van der Waals surface area contributed by atoms with Crippen molar-refractivity contribution in [3.8, 4) is 0 Å². The van der Waals surface area contributed by atoms with Crippen LogP contribution in [0.15, 0.2) is 12.4 Å². The third kappa shape index (κ3) is 1.91. The molecule has 0 spiro atoms. The molecule has 0 saturated heterocycles. The van der Waals surface area contributed by atoms with E-state index in [1.54, 1.807) is 0 Å². The number of aryl methyl sites for hydroxylation is 1. The SMILES string of the molecule is Cn1cc(CC(N)C2CCC2)cn1. The van der Waals surface area contributed by atoms with Gasteiger partial charge in [-0.3, -0.25) is 4.68 Å². The second-order valence-electron chi connectivity index (χ2n) is 4.08. The molecule has 1 aromatic heterocycles. The van der Waals surface area contributed by atoms with E-state index in [1.165, 1.54) is 24.8 Å². The van der Waals surface area contributed by atoms with E-state index in [4.69, 9.17) is 5.73 Å². The Balaban J connectivity index is 1.89. The summed E-state index contributed by atoms with van der Waals surface area (Å²) in [6.07, 6.45) is 8.96. The fourth-order valence-electron chi connectivity index (χ4n) is 1.88. The van der Waals surface area contributed by atoms with Crippen LogP contribution in [0.3, 0.4) is 0 Å². The molecule has 13 heavy (non-hydrogen) atoms. The number of nitrogens with two attached hydrogens (primary N) is 1. The third-order valence-corrected chi connectivity index (χ3v) is 2.99. The van der Waals surface area contributed by atoms with Crippen LogP contribution in [-0.4, -0.2) is 15.8 Å². The average Bonchev–Trinajstić information content (AvgIpc) is 2.31. The molecule has 0 amide bonds. The van der Waals surface area contributed by atoms with Crippen LogP contribution < -0.4 is 5.73 Å². The summed E-state index contributed by atoms with van der Waals surface area (Å²) in [6.45, 7) is 0. The summed E-state index contributed by atoms with van der Waals surface area (Å²) in [7, 11) is 1.94. The van der Waals surface area contributed by atoms with Crippen molar-refractivity contribution < 1.29 is 0 Å². The Labute approximate surface area is 78.9 Å². The molecule has 1 heterocycles. The lowest BCUT2D eigenvalue weighted by Crippen LogP contribution is -2.36. The lowest BCUT2D eigenvalue weighted by atomic mass is 9.78. The van der Waals surface area contributed by atoms with Crippen molar-refractivity contribution in [1.29, 1.82) is 0 Å². The molecule has 1 aliphatic rings. The molecule has 0 bridgehead atoms. The predicted molar refractivity (Wildman–Crippen MR) is 52.2 cm³/mol. The van der Waals surface area contributed by atoms with Crippen molar-refractivity contribution in [2.24, 2.45) is 18.7 Å². The van der Waals surface area contributed by atoms with Crippen molar-refractivity contribution in [2.45, 2.75) is 31.7 Å². The van der Waals surface area contributed by atoms with Crippen LogP contribution in [0.25, 0.3) is 0 Å². The van der Waals surface area contributed by atoms with Crippen LogP contribution in [0.5, 0.6) is 0 Å². The molecule has 1 fully saturated rings. The maximum atomic E-state index is 6.08. The maximum Gasteiger partial charge on any atom is 0.0522 e. The second-order valence-corrected chi connectivity index (χ2v) is 4.08. The first-order chi connectivity index (χ1) is 6.25. The molecule has 1 unspecified atom stereocenters. The smallest absolute Gasteiger partial charge is 0.0522 e. The Morgan fingerprint density at radius 2 is 2.46 bits per heavy atom.